The number of aromatic hydroxyl groups is 1. The maximum atomic E-state index is 12.5. The van der Waals surface area contributed by atoms with Crippen LogP contribution in [0.5, 0.6) is 17.2 Å². The molecule has 2 aromatic rings. The van der Waals surface area contributed by atoms with Crippen LogP contribution in [-0.4, -0.2) is 41.0 Å². The zero-order valence-electron chi connectivity index (χ0n) is 15.6. The number of Topliss-reactive ketones (excluding diaryl/α,β-unsaturated/α-hetero) is 1. The van der Waals surface area contributed by atoms with E-state index in [-0.39, 0.29) is 54.6 Å². The highest BCUT2D eigenvalue weighted by atomic mass is 16.5. The SMILES string of the molecule is O=C(O)CCCNC(=O)COc1cc(O)c2c(c1)OC(c1ccccc1)CC2=O. The summed E-state index contributed by atoms with van der Waals surface area (Å²) in [5, 5.41) is 21.3. The molecule has 3 rings (SSSR count). The second-order valence-electron chi connectivity index (χ2n) is 6.60. The summed E-state index contributed by atoms with van der Waals surface area (Å²) in [7, 11) is 0. The summed E-state index contributed by atoms with van der Waals surface area (Å²) in [6.07, 6.45) is -0.0714. The summed E-state index contributed by atoms with van der Waals surface area (Å²) >= 11 is 0. The van der Waals surface area contributed by atoms with Crippen molar-refractivity contribution < 1.29 is 34.1 Å². The van der Waals surface area contributed by atoms with Gasteiger partial charge in [0.25, 0.3) is 5.91 Å². The molecule has 1 unspecified atom stereocenters. The number of aliphatic carboxylic acids is 1. The predicted molar refractivity (Wildman–Crippen MR) is 102 cm³/mol. The number of carbonyl (C=O) groups excluding carboxylic acids is 2. The number of carbonyl (C=O) groups is 3. The molecule has 1 amide bonds. The molecule has 0 fully saturated rings. The molecule has 2 aromatic carbocycles. The standard InChI is InChI=1S/C21H21NO7/c23-15-9-14(28-12-19(25)22-8-4-7-20(26)27)10-18-21(15)16(24)11-17(29-18)13-5-2-1-3-6-13/h1-3,5-6,9-10,17,23H,4,7-8,11-12H2,(H,22,25)(H,26,27). The van der Waals surface area contributed by atoms with E-state index in [0.717, 1.165) is 5.56 Å². The highest BCUT2D eigenvalue weighted by molar-refractivity contribution is 6.02. The molecule has 1 aliphatic heterocycles. The van der Waals surface area contributed by atoms with E-state index < -0.39 is 18.0 Å². The van der Waals surface area contributed by atoms with E-state index in [2.05, 4.69) is 5.32 Å². The molecule has 1 heterocycles. The molecule has 0 aliphatic carbocycles. The van der Waals surface area contributed by atoms with Crippen LogP contribution in [0.25, 0.3) is 0 Å². The summed E-state index contributed by atoms with van der Waals surface area (Å²) in [6, 6.07) is 12.0. The summed E-state index contributed by atoms with van der Waals surface area (Å²) in [4.78, 5) is 34.7. The maximum absolute atomic E-state index is 12.5. The lowest BCUT2D eigenvalue weighted by molar-refractivity contribution is -0.137. The van der Waals surface area contributed by atoms with Gasteiger partial charge in [-0.05, 0) is 12.0 Å². The monoisotopic (exact) mass is 399 g/mol. The van der Waals surface area contributed by atoms with Crippen LogP contribution < -0.4 is 14.8 Å². The van der Waals surface area contributed by atoms with Gasteiger partial charge in [-0.2, -0.15) is 0 Å². The van der Waals surface area contributed by atoms with Gasteiger partial charge < -0.3 is 25.0 Å². The molecule has 1 atom stereocenters. The van der Waals surface area contributed by atoms with E-state index in [4.69, 9.17) is 14.6 Å². The van der Waals surface area contributed by atoms with Crippen LogP contribution in [0, 0.1) is 0 Å². The van der Waals surface area contributed by atoms with Crippen LogP contribution in [0.1, 0.15) is 41.3 Å². The van der Waals surface area contributed by atoms with Gasteiger partial charge in [0.1, 0.15) is 28.9 Å². The second kappa shape index (κ2) is 9.09. The minimum atomic E-state index is -0.927. The third-order valence-corrected chi connectivity index (χ3v) is 4.40. The van der Waals surface area contributed by atoms with Gasteiger partial charge in [-0.1, -0.05) is 30.3 Å². The maximum Gasteiger partial charge on any atom is 0.303 e. The van der Waals surface area contributed by atoms with E-state index in [9.17, 15) is 19.5 Å². The van der Waals surface area contributed by atoms with E-state index in [0.29, 0.717) is 6.42 Å². The van der Waals surface area contributed by atoms with Gasteiger partial charge in [-0.3, -0.25) is 14.4 Å². The summed E-state index contributed by atoms with van der Waals surface area (Å²) in [5.74, 6) is -1.47. The van der Waals surface area contributed by atoms with Gasteiger partial charge in [0.15, 0.2) is 12.4 Å². The van der Waals surface area contributed by atoms with Gasteiger partial charge in [0.2, 0.25) is 0 Å². The molecule has 0 bridgehead atoms. The Hall–Kier alpha value is -3.55. The number of hydrogen-bond acceptors (Lipinski definition) is 6. The Bertz CT molecular complexity index is 911. The lowest BCUT2D eigenvalue weighted by Gasteiger charge is -2.26. The van der Waals surface area contributed by atoms with Crippen molar-refractivity contribution in [3.05, 3.63) is 53.6 Å². The minimum Gasteiger partial charge on any atom is -0.507 e. The molecular formula is C21H21NO7. The molecule has 1 aliphatic rings. The Morgan fingerprint density at radius 1 is 1.21 bits per heavy atom. The third kappa shape index (κ3) is 5.25. The zero-order chi connectivity index (χ0) is 20.8. The molecule has 0 saturated carbocycles. The number of carboxylic acids is 1. The van der Waals surface area contributed by atoms with Crippen LogP contribution >= 0.6 is 0 Å². The number of ether oxygens (including phenoxy) is 2. The Morgan fingerprint density at radius 2 is 1.97 bits per heavy atom. The van der Waals surface area contributed by atoms with Crippen molar-refractivity contribution in [3.8, 4) is 17.2 Å². The molecule has 0 aromatic heterocycles. The Labute approximate surface area is 167 Å². The summed E-state index contributed by atoms with van der Waals surface area (Å²) < 4.78 is 11.3. The number of carboxylic acid groups (broad SMARTS) is 1. The molecular weight excluding hydrogens is 378 g/mol. The fourth-order valence-corrected chi connectivity index (χ4v) is 3.02. The molecule has 0 saturated heterocycles. The van der Waals surface area contributed by atoms with Gasteiger partial charge in [0.05, 0.1) is 6.42 Å². The largest absolute Gasteiger partial charge is 0.507 e. The highest BCUT2D eigenvalue weighted by Gasteiger charge is 2.30. The quantitative estimate of drug-likeness (QED) is 0.583. The van der Waals surface area contributed by atoms with Crippen LogP contribution in [-0.2, 0) is 9.59 Å². The number of fused-ring (bicyclic) bond motifs is 1. The van der Waals surface area contributed by atoms with Crippen molar-refractivity contribution in [2.24, 2.45) is 0 Å². The van der Waals surface area contributed by atoms with E-state index in [1.165, 1.54) is 12.1 Å². The number of phenols is 1. The van der Waals surface area contributed by atoms with Crippen molar-refractivity contribution in [1.82, 2.24) is 5.32 Å². The van der Waals surface area contributed by atoms with Crippen molar-refractivity contribution in [3.63, 3.8) is 0 Å². The molecule has 152 valence electrons. The zero-order valence-corrected chi connectivity index (χ0v) is 15.6. The first kappa shape index (κ1) is 20.2. The molecule has 0 spiro atoms. The fourth-order valence-electron chi connectivity index (χ4n) is 3.02. The number of ketones is 1. The highest BCUT2D eigenvalue weighted by Crippen LogP contribution is 2.41. The summed E-state index contributed by atoms with van der Waals surface area (Å²) in [5.41, 5.74) is 0.945. The first-order valence-electron chi connectivity index (χ1n) is 9.17. The lowest BCUT2D eigenvalue weighted by Crippen LogP contribution is -2.30. The third-order valence-electron chi connectivity index (χ3n) is 4.40. The second-order valence-corrected chi connectivity index (χ2v) is 6.60. The Morgan fingerprint density at radius 3 is 2.69 bits per heavy atom. The molecule has 3 N–H and O–H groups in total. The van der Waals surface area contributed by atoms with E-state index in [1.807, 2.05) is 30.3 Å². The van der Waals surface area contributed by atoms with Crippen LogP contribution in [0.15, 0.2) is 42.5 Å². The topological polar surface area (TPSA) is 122 Å². The minimum absolute atomic E-state index is 0.0339. The Balaban J connectivity index is 1.64. The first-order valence-corrected chi connectivity index (χ1v) is 9.17. The number of amides is 1. The molecule has 0 radical (unpaired) electrons. The number of rotatable bonds is 8. The number of phenolic OH excluding ortho intramolecular Hbond substituents is 1. The Kier molecular flexibility index (Phi) is 6.33. The van der Waals surface area contributed by atoms with E-state index in [1.54, 1.807) is 0 Å². The average molecular weight is 399 g/mol. The van der Waals surface area contributed by atoms with Crippen molar-refractivity contribution in [1.29, 1.82) is 0 Å². The van der Waals surface area contributed by atoms with Crippen LogP contribution in [0.4, 0.5) is 0 Å². The number of benzene rings is 2. The lowest BCUT2D eigenvalue weighted by atomic mass is 9.95. The summed E-state index contributed by atoms with van der Waals surface area (Å²) in [6.45, 7) is -0.0956. The fraction of sp³-hybridized carbons (Fsp3) is 0.286. The van der Waals surface area contributed by atoms with Crippen molar-refractivity contribution in [2.45, 2.75) is 25.4 Å². The normalized spacial score (nSPS) is 15.2. The first-order chi connectivity index (χ1) is 13.9. The molecule has 29 heavy (non-hydrogen) atoms. The number of nitrogens with one attached hydrogen (secondary N) is 1. The smallest absolute Gasteiger partial charge is 0.303 e. The van der Waals surface area contributed by atoms with Gasteiger partial charge in [-0.25, -0.2) is 0 Å². The van der Waals surface area contributed by atoms with Crippen LogP contribution in [0.2, 0.25) is 0 Å². The van der Waals surface area contributed by atoms with E-state index >= 15 is 0 Å². The predicted octanol–water partition coefficient (Wildman–Crippen LogP) is 2.46. The molecule has 8 heteroatoms. The van der Waals surface area contributed by atoms with Gasteiger partial charge in [-0.15, -0.1) is 0 Å². The van der Waals surface area contributed by atoms with Crippen molar-refractivity contribution in [2.75, 3.05) is 13.2 Å². The number of hydrogen-bond donors (Lipinski definition) is 3. The van der Waals surface area contributed by atoms with Crippen molar-refractivity contribution >= 4 is 17.7 Å². The average Bonchev–Trinajstić information content (AvgIpc) is 2.69. The molecule has 8 nitrogen and oxygen atoms in total. The van der Waals surface area contributed by atoms with Crippen LogP contribution in [0.3, 0.4) is 0 Å². The van der Waals surface area contributed by atoms with Gasteiger partial charge >= 0.3 is 5.97 Å². The van der Waals surface area contributed by atoms with Gasteiger partial charge in [0, 0.05) is 25.1 Å².